The molecule has 0 saturated heterocycles. The van der Waals surface area contributed by atoms with Crippen molar-refractivity contribution in [2.24, 2.45) is 5.92 Å². The van der Waals surface area contributed by atoms with E-state index in [0.29, 0.717) is 5.92 Å². The Morgan fingerprint density at radius 2 is 1.70 bits per heavy atom. The van der Waals surface area contributed by atoms with Crippen LogP contribution in [0.2, 0.25) is 0 Å². The fourth-order valence-corrected chi connectivity index (χ4v) is 4.17. The molecule has 0 aromatic heterocycles. The van der Waals surface area contributed by atoms with Crippen LogP contribution in [0.15, 0.2) is 30.3 Å². The summed E-state index contributed by atoms with van der Waals surface area (Å²) in [6, 6.07) is 10.6. The molecule has 2 nitrogen and oxygen atoms in total. The second-order valence-electron chi connectivity index (χ2n) is 5.93. The van der Waals surface area contributed by atoms with Gasteiger partial charge in [-0.25, -0.2) is 0 Å². The molecular formula is C17H29NOS. The number of hydrogen-bond donors (Lipinski definition) is 1. The third kappa shape index (κ3) is 4.71. The van der Waals surface area contributed by atoms with E-state index in [0.717, 1.165) is 13.0 Å². The molecule has 0 amide bonds. The molecule has 20 heavy (non-hydrogen) atoms. The van der Waals surface area contributed by atoms with Gasteiger partial charge in [-0.05, 0) is 24.4 Å². The SMILES string of the molecule is CCCNC(c1ccccc1)C(C(C)C)S(=O)C(C)C. The van der Waals surface area contributed by atoms with Crippen LogP contribution in [0.3, 0.4) is 0 Å². The van der Waals surface area contributed by atoms with Gasteiger partial charge in [0.15, 0.2) is 0 Å². The molecule has 0 heterocycles. The Morgan fingerprint density at radius 3 is 2.15 bits per heavy atom. The molecule has 1 aromatic rings. The monoisotopic (exact) mass is 295 g/mol. The lowest BCUT2D eigenvalue weighted by Crippen LogP contribution is -2.40. The van der Waals surface area contributed by atoms with Gasteiger partial charge < -0.3 is 5.32 Å². The van der Waals surface area contributed by atoms with Gasteiger partial charge in [-0.1, -0.05) is 65.0 Å². The molecule has 3 unspecified atom stereocenters. The first kappa shape index (κ1) is 17.4. The van der Waals surface area contributed by atoms with Crippen LogP contribution in [0, 0.1) is 5.92 Å². The molecule has 0 bridgehead atoms. The summed E-state index contributed by atoms with van der Waals surface area (Å²) in [4.78, 5) is 0. The maximum Gasteiger partial charge on any atom is 0.0568 e. The van der Waals surface area contributed by atoms with Crippen LogP contribution < -0.4 is 5.32 Å². The van der Waals surface area contributed by atoms with E-state index in [4.69, 9.17) is 0 Å². The fraction of sp³-hybridized carbons (Fsp3) is 0.647. The summed E-state index contributed by atoms with van der Waals surface area (Å²) in [7, 11) is -0.836. The van der Waals surface area contributed by atoms with Crippen molar-refractivity contribution in [1.82, 2.24) is 5.32 Å². The summed E-state index contributed by atoms with van der Waals surface area (Å²) >= 11 is 0. The Balaban J connectivity index is 3.08. The molecule has 1 rings (SSSR count). The predicted molar refractivity (Wildman–Crippen MR) is 89.4 cm³/mol. The molecule has 1 aromatic carbocycles. The number of benzene rings is 1. The van der Waals surface area contributed by atoms with E-state index in [1.807, 2.05) is 19.9 Å². The first-order chi connectivity index (χ1) is 9.49. The maximum atomic E-state index is 12.7. The van der Waals surface area contributed by atoms with Crippen molar-refractivity contribution >= 4 is 10.8 Å². The zero-order valence-corrected chi connectivity index (χ0v) is 14.2. The molecule has 0 radical (unpaired) electrons. The number of rotatable bonds is 8. The highest BCUT2D eigenvalue weighted by Gasteiger charge is 2.31. The molecular weight excluding hydrogens is 266 g/mol. The Labute approximate surface area is 126 Å². The van der Waals surface area contributed by atoms with Crippen LogP contribution in [0.25, 0.3) is 0 Å². The van der Waals surface area contributed by atoms with Crippen molar-refractivity contribution in [2.75, 3.05) is 6.54 Å². The molecule has 3 heteroatoms. The largest absolute Gasteiger partial charge is 0.309 e. The van der Waals surface area contributed by atoms with Crippen molar-refractivity contribution in [3.63, 3.8) is 0 Å². The van der Waals surface area contributed by atoms with E-state index in [-0.39, 0.29) is 16.5 Å². The molecule has 0 fully saturated rings. The summed E-state index contributed by atoms with van der Waals surface area (Å²) in [5, 5.41) is 3.94. The van der Waals surface area contributed by atoms with Crippen molar-refractivity contribution in [2.45, 2.75) is 57.6 Å². The van der Waals surface area contributed by atoms with Gasteiger partial charge in [-0.3, -0.25) is 4.21 Å². The van der Waals surface area contributed by atoms with E-state index in [2.05, 4.69) is 50.4 Å². The summed E-state index contributed by atoms with van der Waals surface area (Å²) in [5.41, 5.74) is 1.24. The topological polar surface area (TPSA) is 29.1 Å². The summed E-state index contributed by atoms with van der Waals surface area (Å²) < 4.78 is 12.7. The smallest absolute Gasteiger partial charge is 0.0568 e. The predicted octanol–water partition coefficient (Wildman–Crippen LogP) is 3.91. The van der Waals surface area contributed by atoms with Gasteiger partial charge in [0, 0.05) is 22.1 Å². The quantitative estimate of drug-likeness (QED) is 0.788. The van der Waals surface area contributed by atoms with Crippen molar-refractivity contribution in [3.8, 4) is 0 Å². The van der Waals surface area contributed by atoms with Crippen LogP contribution in [0.4, 0.5) is 0 Å². The average molecular weight is 295 g/mol. The Bertz CT molecular complexity index is 403. The van der Waals surface area contributed by atoms with Gasteiger partial charge in [-0.15, -0.1) is 0 Å². The lowest BCUT2D eigenvalue weighted by atomic mass is 9.96. The fourth-order valence-electron chi connectivity index (χ4n) is 2.49. The number of nitrogens with one attached hydrogen (secondary N) is 1. The maximum absolute atomic E-state index is 12.7. The summed E-state index contributed by atoms with van der Waals surface area (Å²) in [6.07, 6.45) is 1.09. The van der Waals surface area contributed by atoms with Crippen molar-refractivity contribution < 1.29 is 4.21 Å². The van der Waals surface area contributed by atoms with E-state index < -0.39 is 10.8 Å². The second kappa shape index (κ2) is 8.58. The molecule has 0 aliphatic carbocycles. The molecule has 114 valence electrons. The zero-order valence-electron chi connectivity index (χ0n) is 13.4. The summed E-state index contributed by atoms with van der Waals surface area (Å²) in [5.74, 6) is 0.382. The first-order valence-electron chi connectivity index (χ1n) is 7.66. The minimum absolute atomic E-state index is 0.143. The average Bonchev–Trinajstić information content (AvgIpc) is 2.43. The molecule has 1 N–H and O–H groups in total. The Kier molecular flexibility index (Phi) is 7.46. The zero-order chi connectivity index (χ0) is 15.1. The van der Waals surface area contributed by atoms with Crippen molar-refractivity contribution in [3.05, 3.63) is 35.9 Å². The van der Waals surface area contributed by atoms with Gasteiger partial charge in [0.05, 0.1) is 5.25 Å². The first-order valence-corrected chi connectivity index (χ1v) is 8.94. The minimum atomic E-state index is -0.836. The third-order valence-corrected chi connectivity index (χ3v) is 5.77. The van der Waals surface area contributed by atoms with Crippen molar-refractivity contribution in [1.29, 1.82) is 0 Å². The second-order valence-corrected chi connectivity index (χ2v) is 8.07. The highest BCUT2D eigenvalue weighted by Crippen LogP contribution is 2.28. The normalized spacial score (nSPS) is 16.4. The van der Waals surface area contributed by atoms with Gasteiger partial charge in [0.1, 0.15) is 0 Å². The van der Waals surface area contributed by atoms with Gasteiger partial charge in [0.2, 0.25) is 0 Å². The van der Waals surface area contributed by atoms with Crippen LogP contribution in [-0.4, -0.2) is 21.3 Å². The highest BCUT2D eigenvalue weighted by molar-refractivity contribution is 7.86. The van der Waals surface area contributed by atoms with Crippen LogP contribution in [0.1, 0.15) is 52.6 Å². The van der Waals surface area contributed by atoms with Gasteiger partial charge >= 0.3 is 0 Å². The lowest BCUT2D eigenvalue weighted by Gasteiger charge is -2.32. The van der Waals surface area contributed by atoms with E-state index in [1.165, 1.54) is 5.56 Å². The molecule has 0 spiro atoms. The third-order valence-electron chi connectivity index (χ3n) is 3.49. The lowest BCUT2D eigenvalue weighted by molar-refractivity contribution is 0.433. The highest BCUT2D eigenvalue weighted by atomic mass is 32.2. The van der Waals surface area contributed by atoms with E-state index >= 15 is 0 Å². The Hall–Kier alpha value is -0.670. The van der Waals surface area contributed by atoms with Crippen LogP contribution in [-0.2, 0) is 10.8 Å². The molecule has 0 saturated carbocycles. The van der Waals surface area contributed by atoms with Crippen LogP contribution in [0.5, 0.6) is 0 Å². The molecule has 0 aliphatic rings. The minimum Gasteiger partial charge on any atom is -0.309 e. The Morgan fingerprint density at radius 1 is 1.10 bits per heavy atom. The molecule has 0 aliphatic heterocycles. The van der Waals surface area contributed by atoms with Crippen LogP contribution >= 0.6 is 0 Å². The molecule has 3 atom stereocenters. The van der Waals surface area contributed by atoms with Gasteiger partial charge in [0.25, 0.3) is 0 Å². The number of hydrogen-bond acceptors (Lipinski definition) is 2. The van der Waals surface area contributed by atoms with E-state index in [9.17, 15) is 4.21 Å². The van der Waals surface area contributed by atoms with E-state index in [1.54, 1.807) is 0 Å². The summed E-state index contributed by atoms with van der Waals surface area (Å²) in [6.45, 7) is 11.6. The standard InChI is InChI=1S/C17H29NOS/c1-6-12-18-16(15-10-8-7-9-11-15)17(13(2)3)20(19)14(4)5/h7-11,13-14,16-18H,6,12H2,1-5H3. The van der Waals surface area contributed by atoms with Gasteiger partial charge in [-0.2, -0.15) is 0 Å².